The van der Waals surface area contributed by atoms with Crippen LogP contribution in [0, 0.1) is 0 Å². The molecule has 1 atom stereocenters. The van der Waals surface area contributed by atoms with E-state index in [-0.39, 0.29) is 0 Å². The van der Waals surface area contributed by atoms with Crippen molar-refractivity contribution in [3.05, 3.63) is 28.8 Å². The molecular weight excluding hydrogens is 267 g/mol. The Kier molecular flexibility index (Phi) is 3.75. The van der Waals surface area contributed by atoms with E-state index in [1.165, 1.54) is 0 Å². The first-order valence-electron chi connectivity index (χ1n) is 4.29. The second kappa shape index (κ2) is 4.91. The van der Waals surface area contributed by atoms with Gasteiger partial charge in [-0.05, 0) is 10.6 Å². The zero-order valence-corrected chi connectivity index (χ0v) is 9.42. The Morgan fingerprint density at radius 1 is 0.944 bits per heavy atom. The second-order valence-electron chi connectivity index (χ2n) is 3.11. The standard InChI is InChI=1S/C9H5O8P/c10-7(11)3-1-4(8(12)13)6(9(14)15)5(2-3)18(16)17/h1-2H,(H3-,10,11,12,13,14,15,16,17)/p+1. The van der Waals surface area contributed by atoms with Crippen molar-refractivity contribution in [2.75, 3.05) is 0 Å². The molecule has 0 amide bonds. The van der Waals surface area contributed by atoms with E-state index in [9.17, 15) is 18.9 Å². The molecule has 1 rings (SSSR count). The van der Waals surface area contributed by atoms with Gasteiger partial charge in [0.2, 0.25) is 5.30 Å². The number of benzene rings is 1. The smallest absolute Gasteiger partial charge is 0.478 e. The van der Waals surface area contributed by atoms with Crippen LogP contribution in [0.5, 0.6) is 0 Å². The van der Waals surface area contributed by atoms with Gasteiger partial charge in [0.25, 0.3) is 0 Å². The highest BCUT2D eigenvalue weighted by Gasteiger charge is 2.33. The van der Waals surface area contributed by atoms with Gasteiger partial charge in [-0.2, -0.15) is 4.89 Å². The lowest BCUT2D eigenvalue weighted by atomic mass is 10.0. The van der Waals surface area contributed by atoms with Crippen molar-refractivity contribution in [3.8, 4) is 0 Å². The third kappa shape index (κ3) is 2.50. The lowest BCUT2D eigenvalue weighted by Crippen LogP contribution is -2.20. The average Bonchev–Trinajstić information content (AvgIpc) is 2.26. The van der Waals surface area contributed by atoms with Gasteiger partial charge >= 0.3 is 25.9 Å². The molecule has 0 radical (unpaired) electrons. The number of carboxylic acids is 3. The Hall–Kier alpha value is -2.31. The lowest BCUT2D eigenvalue weighted by Gasteiger charge is -2.03. The Morgan fingerprint density at radius 2 is 1.50 bits per heavy atom. The fourth-order valence-electron chi connectivity index (χ4n) is 1.29. The van der Waals surface area contributed by atoms with Crippen LogP contribution in [0.25, 0.3) is 0 Å². The lowest BCUT2D eigenvalue weighted by molar-refractivity contribution is 0.0650. The van der Waals surface area contributed by atoms with Gasteiger partial charge in [0.15, 0.2) is 0 Å². The number of carboxylic acid groups (broad SMARTS) is 3. The summed E-state index contributed by atoms with van der Waals surface area (Å²) in [5.74, 6) is -4.96. The van der Waals surface area contributed by atoms with E-state index in [2.05, 4.69) is 0 Å². The van der Waals surface area contributed by atoms with E-state index < -0.39 is 47.9 Å². The summed E-state index contributed by atoms with van der Waals surface area (Å²) in [6.45, 7) is 0. The molecule has 9 heteroatoms. The molecule has 1 aromatic carbocycles. The molecule has 94 valence electrons. The van der Waals surface area contributed by atoms with Crippen molar-refractivity contribution in [2.45, 2.75) is 0 Å². The molecule has 0 heterocycles. The summed E-state index contributed by atoms with van der Waals surface area (Å²) in [6, 6.07) is 1.29. The molecule has 0 aromatic heterocycles. The van der Waals surface area contributed by atoms with Crippen LogP contribution in [-0.2, 0) is 4.57 Å². The van der Waals surface area contributed by atoms with Gasteiger partial charge in [-0.15, -0.1) is 0 Å². The minimum absolute atomic E-state index is 0.579. The van der Waals surface area contributed by atoms with Crippen molar-refractivity contribution in [2.24, 2.45) is 0 Å². The Morgan fingerprint density at radius 3 is 1.83 bits per heavy atom. The van der Waals surface area contributed by atoms with Gasteiger partial charge in [-0.1, -0.05) is 0 Å². The molecule has 0 aliphatic rings. The largest absolute Gasteiger partial charge is 0.547 e. The maximum atomic E-state index is 11.0. The summed E-state index contributed by atoms with van der Waals surface area (Å²) in [5.41, 5.74) is -2.32. The van der Waals surface area contributed by atoms with Gasteiger partial charge < -0.3 is 15.3 Å². The number of hydrogen-bond acceptors (Lipinski definition) is 4. The molecule has 0 fully saturated rings. The SMILES string of the molecule is O=C(O)c1cc(C(=O)O)c(C(=O)O)c([P+](=O)O)c1. The Bertz CT molecular complexity index is 541. The van der Waals surface area contributed by atoms with Crippen molar-refractivity contribution in [1.29, 1.82) is 0 Å². The van der Waals surface area contributed by atoms with Crippen LogP contribution >= 0.6 is 8.03 Å². The van der Waals surface area contributed by atoms with E-state index in [0.29, 0.717) is 12.1 Å². The quantitative estimate of drug-likeness (QED) is 0.566. The molecule has 4 N–H and O–H groups in total. The first-order chi connectivity index (χ1) is 8.25. The predicted octanol–water partition coefficient (Wildman–Crippen LogP) is 0.141. The molecule has 1 aromatic rings. The van der Waals surface area contributed by atoms with Gasteiger partial charge in [0.1, 0.15) is 5.56 Å². The van der Waals surface area contributed by atoms with E-state index in [4.69, 9.17) is 20.2 Å². The van der Waals surface area contributed by atoms with Crippen LogP contribution in [-0.4, -0.2) is 38.1 Å². The van der Waals surface area contributed by atoms with E-state index in [0.717, 1.165) is 0 Å². The molecule has 0 spiro atoms. The van der Waals surface area contributed by atoms with Gasteiger partial charge in [0, 0.05) is 6.07 Å². The molecule has 18 heavy (non-hydrogen) atoms. The van der Waals surface area contributed by atoms with Gasteiger partial charge in [-0.25, -0.2) is 14.4 Å². The van der Waals surface area contributed by atoms with Crippen molar-refractivity contribution in [3.63, 3.8) is 0 Å². The Balaban J connectivity index is 3.76. The molecule has 0 bridgehead atoms. The summed E-state index contributed by atoms with van der Waals surface area (Å²) in [7, 11) is -3.19. The first-order valence-corrected chi connectivity index (χ1v) is 5.51. The van der Waals surface area contributed by atoms with E-state index in [1.807, 2.05) is 0 Å². The fraction of sp³-hybridized carbons (Fsp3) is 0. The number of aromatic carboxylic acids is 3. The summed E-state index contributed by atoms with van der Waals surface area (Å²) >= 11 is 0. The average molecular weight is 273 g/mol. The minimum atomic E-state index is -3.19. The predicted molar refractivity (Wildman–Crippen MR) is 56.8 cm³/mol. The Labute approximate surface area is 100.0 Å². The third-order valence-corrected chi connectivity index (χ3v) is 2.78. The van der Waals surface area contributed by atoms with Crippen molar-refractivity contribution in [1.82, 2.24) is 0 Å². The zero-order chi connectivity index (χ0) is 14.0. The van der Waals surface area contributed by atoms with Crippen LogP contribution in [0.2, 0.25) is 0 Å². The minimum Gasteiger partial charge on any atom is -0.478 e. The monoisotopic (exact) mass is 273 g/mol. The zero-order valence-electron chi connectivity index (χ0n) is 8.52. The van der Waals surface area contributed by atoms with Crippen LogP contribution in [0.4, 0.5) is 0 Å². The normalized spacial score (nSPS) is 10.8. The van der Waals surface area contributed by atoms with Crippen LogP contribution in [0.3, 0.4) is 0 Å². The maximum absolute atomic E-state index is 11.0. The van der Waals surface area contributed by atoms with Crippen molar-refractivity contribution < 1.29 is 39.2 Å². The highest BCUT2D eigenvalue weighted by Crippen LogP contribution is 2.21. The second-order valence-corrected chi connectivity index (χ2v) is 4.13. The molecular formula is C9H6O8P+. The summed E-state index contributed by atoms with van der Waals surface area (Å²) < 4.78 is 11.0. The molecule has 1 unspecified atom stereocenters. The highest BCUT2D eigenvalue weighted by molar-refractivity contribution is 7.47. The van der Waals surface area contributed by atoms with E-state index >= 15 is 0 Å². The molecule has 8 nitrogen and oxygen atoms in total. The highest BCUT2D eigenvalue weighted by atomic mass is 31.1. The number of rotatable bonds is 4. The van der Waals surface area contributed by atoms with Gasteiger partial charge in [0.05, 0.1) is 11.1 Å². The van der Waals surface area contributed by atoms with Crippen LogP contribution < -0.4 is 5.30 Å². The van der Waals surface area contributed by atoms with Crippen LogP contribution in [0.1, 0.15) is 31.1 Å². The van der Waals surface area contributed by atoms with E-state index in [1.54, 1.807) is 0 Å². The summed E-state index contributed by atoms with van der Waals surface area (Å²) in [6.07, 6.45) is 0. The maximum Gasteiger partial charge on any atom is 0.547 e. The molecule has 0 saturated carbocycles. The van der Waals surface area contributed by atoms with Crippen LogP contribution in [0.15, 0.2) is 12.1 Å². The molecule has 0 saturated heterocycles. The molecule has 0 aliphatic carbocycles. The fourth-order valence-corrected chi connectivity index (χ4v) is 1.95. The van der Waals surface area contributed by atoms with Gasteiger partial charge in [-0.3, -0.25) is 0 Å². The van der Waals surface area contributed by atoms with Crippen molar-refractivity contribution >= 4 is 31.2 Å². The summed E-state index contributed by atoms with van der Waals surface area (Å²) in [4.78, 5) is 41.4. The molecule has 0 aliphatic heterocycles. The first kappa shape index (κ1) is 13.8. The number of carbonyl (C=O) groups is 3. The topological polar surface area (TPSA) is 149 Å². The number of hydrogen-bond donors (Lipinski definition) is 4. The third-order valence-electron chi connectivity index (χ3n) is 2.01. The summed E-state index contributed by atoms with van der Waals surface area (Å²) in [5, 5.41) is 25.6.